The van der Waals surface area contributed by atoms with Crippen LogP contribution in [0.5, 0.6) is 0 Å². The van der Waals surface area contributed by atoms with Gasteiger partial charge in [0.1, 0.15) is 12.6 Å². The topological polar surface area (TPSA) is 66.6 Å². The molecule has 3 rings (SSSR count). The molecule has 2 aliphatic heterocycles. The van der Waals surface area contributed by atoms with Crippen LogP contribution in [0.25, 0.3) is 0 Å². The zero-order valence-electron chi connectivity index (χ0n) is 11.7. The van der Waals surface area contributed by atoms with Gasteiger partial charge in [0.25, 0.3) is 0 Å². The minimum absolute atomic E-state index is 0.0596. The van der Waals surface area contributed by atoms with Gasteiger partial charge >= 0.3 is 0 Å². The smallest absolute Gasteiger partial charge is 0.246 e. The molecule has 2 amide bonds. The van der Waals surface area contributed by atoms with Crippen molar-refractivity contribution in [3.63, 3.8) is 0 Å². The number of hydrogen-bond acceptors (Lipinski definition) is 3. The van der Waals surface area contributed by atoms with Crippen LogP contribution in [0.4, 0.5) is 5.69 Å². The molecular formula is C15H18BrN3O2. The fraction of sp³-hybridized carbons (Fsp3) is 0.467. The first-order valence-corrected chi connectivity index (χ1v) is 7.98. The normalized spacial score (nSPS) is 22.4. The first-order valence-electron chi connectivity index (χ1n) is 7.18. The van der Waals surface area contributed by atoms with Gasteiger partial charge in [-0.15, -0.1) is 0 Å². The van der Waals surface area contributed by atoms with Crippen molar-refractivity contribution in [1.82, 2.24) is 9.80 Å². The molecular weight excluding hydrogens is 334 g/mol. The summed E-state index contributed by atoms with van der Waals surface area (Å²) < 4.78 is 0.839. The number of nitrogens with zero attached hydrogens (tertiary/aromatic N) is 2. The van der Waals surface area contributed by atoms with Gasteiger partial charge in [0, 0.05) is 23.2 Å². The van der Waals surface area contributed by atoms with Gasteiger partial charge in [-0.3, -0.25) is 9.59 Å². The molecule has 0 spiro atoms. The highest BCUT2D eigenvalue weighted by Crippen LogP contribution is 2.25. The van der Waals surface area contributed by atoms with E-state index in [1.165, 1.54) is 0 Å². The number of piperidine rings is 1. The number of hydrogen-bond donors (Lipinski definition) is 1. The number of nitrogens with two attached hydrogens (primary N) is 1. The van der Waals surface area contributed by atoms with Crippen molar-refractivity contribution in [1.29, 1.82) is 0 Å². The van der Waals surface area contributed by atoms with Crippen molar-refractivity contribution >= 4 is 33.4 Å². The van der Waals surface area contributed by atoms with Crippen molar-refractivity contribution in [2.75, 3.05) is 18.8 Å². The van der Waals surface area contributed by atoms with E-state index in [2.05, 4.69) is 15.9 Å². The molecule has 0 aliphatic carbocycles. The summed E-state index contributed by atoms with van der Waals surface area (Å²) in [6.45, 7) is 1.33. The molecule has 6 heteroatoms. The number of carbonyl (C=O) groups excluding carboxylic acids is 2. The summed E-state index contributed by atoms with van der Waals surface area (Å²) in [7, 11) is 0. The predicted octanol–water partition coefficient (Wildman–Crippen LogP) is 1.75. The van der Waals surface area contributed by atoms with Gasteiger partial charge < -0.3 is 15.5 Å². The van der Waals surface area contributed by atoms with E-state index in [9.17, 15) is 9.59 Å². The maximum atomic E-state index is 12.6. The second-order valence-corrected chi connectivity index (χ2v) is 6.50. The molecule has 0 bridgehead atoms. The van der Waals surface area contributed by atoms with E-state index in [1.54, 1.807) is 9.80 Å². The molecule has 2 heterocycles. The number of anilines is 1. The number of amides is 2. The Hall–Kier alpha value is -1.56. The summed E-state index contributed by atoms with van der Waals surface area (Å²) in [4.78, 5) is 28.1. The zero-order chi connectivity index (χ0) is 15.0. The van der Waals surface area contributed by atoms with Crippen LogP contribution in [0.2, 0.25) is 0 Å². The largest absolute Gasteiger partial charge is 0.398 e. The van der Waals surface area contributed by atoms with Crippen LogP contribution in [0.15, 0.2) is 22.7 Å². The van der Waals surface area contributed by atoms with Crippen LogP contribution in [-0.2, 0) is 16.1 Å². The molecule has 112 valence electrons. The molecule has 0 radical (unpaired) electrons. The second kappa shape index (κ2) is 5.67. The van der Waals surface area contributed by atoms with E-state index in [0.29, 0.717) is 18.8 Å². The van der Waals surface area contributed by atoms with Gasteiger partial charge in [0.15, 0.2) is 0 Å². The van der Waals surface area contributed by atoms with Crippen LogP contribution in [-0.4, -0.2) is 40.7 Å². The van der Waals surface area contributed by atoms with Gasteiger partial charge in [0.05, 0.1) is 0 Å². The Labute approximate surface area is 132 Å². The van der Waals surface area contributed by atoms with E-state index >= 15 is 0 Å². The van der Waals surface area contributed by atoms with E-state index < -0.39 is 0 Å². The quantitative estimate of drug-likeness (QED) is 0.825. The molecule has 5 nitrogen and oxygen atoms in total. The summed E-state index contributed by atoms with van der Waals surface area (Å²) >= 11 is 3.36. The Balaban J connectivity index is 1.77. The number of fused-ring (bicyclic) bond motifs is 1. The molecule has 1 aromatic rings. The third-order valence-electron chi connectivity index (χ3n) is 4.18. The summed E-state index contributed by atoms with van der Waals surface area (Å²) in [6.07, 6.45) is 2.79. The standard InChI is InChI=1S/C15H18BrN3O2/c16-11-5-4-10(7-12(11)17)8-18-9-14(20)19-6-2-1-3-13(19)15(18)21/h4-5,7,13H,1-3,6,8-9,17H2. The van der Waals surface area contributed by atoms with E-state index in [-0.39, 0.29) is 24.4 Å². The third kappa shape index (κ3) is 2.77. The first-order chi connectivity index (χ1) is 10.1. The monoisotopic (exact) mass is 351 g/mol. The number of piperazine rings is 1. The fourth-order valence-electron chi connectivity index (χ4n) is 3.08. The minimum atomic E-state index is -0.257. The maximum Gasteiger partial charge on any atom is 0.246 e. The van der Waals surface area contributed by atoms with Gasteiger partial charge in [-0.2, -0.15) is 0 Å². The van der Waals surface area contributed by atoms with E-state index in [4.69, 9.17) is 5.73 Å². The zero-order valence-corrected chi connectivity index (χ0v) is 13.3. The first kappa shape index (κ1) is 14.4. The highest BCUT2D eigenvalue weighted by molar-refractivity contribution is 9.10. The van der Waals surface area contributed by atoms with Gasteiger partial charge in [-0.25, -0.2) is 0 Å². The Bertz CT molecular complexity index is 590. The highest BCUT2D eigenvalue weighted by Gasteiger charge is 2.40. The average Bonchev–Trinajstić information content (AvgIpc) is 2.48. The van der Waals surface area contributed by atoms with Crippen molar-refractivity contribution in [2.45, 2.75) is 31.8 Å². The fourth-order valence-corrected chi connectivity index (χ4v) is 3.32. The molecule has 1 atom stereocenters. The SMILES string of the molecule is Nc1cc(CN2CC(=O)N3CCCCC3C2=O)ccc1Br. The van der Waals surface area contributed by atoms with Crippen LogP contribution in [0.3, 0.4) is 0 Å². The van der Waals surface area contributed by atoms with Gasteiger partial charge in [-0.1, -0.05) is 6.07 Å². The van der Waals surface area contributed by atoms with Crippen molar-refractivity contribution in [3.05, 3.63) is 28.2 Å². The van der Waals surface area contributed by atoms with Crippen molar-refractivity contribution < 1.29 is 9.59 Å². The molecule has 2 aliphatic rings. The average molecular weight is 352 g/mol. The van der Waals surface area contributed by atoms with Gasteiger partial charge in [0.2, 0.25) is 11.8 Å². The summed E-state index contributed by atoms with van der Waals surface area (Å²) in [5, 5.41) is 0. The summed E-state index contributed by atoms with van der Waals surface area (Å²) in [5.74, 6) is 0.125. The lowest BCUT2D eigenvalue weighted by Gasteiger charge is -2.42. The van der Waals surface area contributed by atoms with Crippen LogP contribution < -0.4 is 5.73 Å². The van der Waals surface area contributed by atoms with Crippen LogP contribution in [0, 0.1) is 0 Å². The molecule has 1 unspecified atom stereocenters. The Morgan fingerprint density at radius 3 is 2.86 bits per heavy atom. The highest BCUT2D eigenvalue weighted by atomic mass is 79.9. The molecule has 2 fully saturated rings. The van der Waals surface area contributed by atoms with E-state index in [1.807, 2.05) is 18.2 Å². The maximum absolute atomic E-state index is 12.6. The molecule has 0 saturated carbocycles. The second-order valence-electron chi connectivity index (χ2n) is 5.65. The number of nitrogen functional groups attached to an aromatic ring is 1. The Kier molecular flexibility index (Phi) is 3.89. The molecule has 2 saturated heterocycles. The number of benzene rings is 1. The van der Waals surface area contributed by atoms with Gasteiger partial charge in [-0.05, 0) is 52.9 Å². The summed E-state index contributed by atoms with van der Waals surface area (Å²) in [6, 6.07) is 5.38. The number of halogens is 1. The van der Waals surface area contributed by atoms with Crippen LogP contribution >= 0.6 is 15.9 Å². The Morgan fingerprint density at radius 2 is 2.10 bits per heavy atom. The molecule has 1 aromatic carbocycles. The summed E-state index contributed by atoms with van der Waals surface area (Å²) in [5.41, 5.74) is 7.46. The lowest BCUT2D eigenvalue weighted by Crippen LogP contribution is -2.60. The molecule has 21 heavy (non-hydrogen) atoms. The minimum Gasteiger partial charge on any atom is -0.398 e. The lowest BCUT2D eigenvalue weighted by atomic mass is 9.98. The van der Waals surface area contributed by atoms with Crippen molar-refractivity contribution in [3.8, 4) is 0 Å². The Morgan fingerprint density at radius 1 is 1.29 bits per heavy atom. The third-order valence-corrected chi connectivity index (χ3v) is 4.90. The van der Waals surface area contributed by atoms with E-state index in [0.717, 1.165) is 29.3 Å². The number of rotatable bonds is 2. The van der Waals surface area contributed by atoms with Crippen molar-refractivity contribution in [2.24, 2.45) is 0 Å². The van der Waals surface area contributed by atoms with Crippen LogP contribution in [0.1, 0.15) is 24.8 Å². The predicted molar refractivity (Wildman–Crippen MR) is 83.3 cm³/mol. The molecule has 2 N–H and O–H groups in total. The lowest BCUT2D eigenvalue weighted by molar-refractivity contribution is -0.158. The number of carbonyl (C=O) groups is 2. The molecule has 0 aromatic heterocycles.